The molecule has 26 heavy (non-hydrogen) atoms. The lowest BCUT2D eigenvalue weighted by molar-refractivity contribution is -0.134. The fraction of sp³-hybridized carbons (Fsp3) is 0.500. The number of imide groups is 1. The van der Waals surface area contributed by atoms with Gasteiger partial charge in [0.25, 0.3) is 0 Å². The minimum atomic E-state index is -0.782. The molecule has 2 aromatic rings. The van der Waals surface area contributed by atoms with Crippen LogP contribution in [0.4, 0.5) is 4.79 Å². The number of benzene rings is 1. The lowest BCUT2D eigenvalue weighted by atomic mass is 10.0. The van der Waals surface area contributed by atoms with Gasteiger partial charge in [0.2, 0.25) is 5.91 Å². The standard InChI is InChI=1S/C20H29N3O3/c1-12(2)17(21)18(24)23(19(25)26-20(4,5)6)13(3)15-11-22-16-10-8-7-9-14(15)16/h7-13,17,22H,21H2,1-6H3/t13?,17-/m0/s1. The summed E-state index contributed by atoms with van der Waals surface area (Å²) in [7, 11) is 0. The molecule has 1 aromatic carbocycles. The molecular weight excluding hydrogens is 330 g/mol. The van der Waals surface area contributed by atoms with Crippen LogP contribution in [-0.2, 0) is 9.53 Å². The number of aromatic nitrogens is 1. The Hall–Kier alpha value is -2.34. The van der Waals surface area contributed by atoms with Crippen molar-refractivity contribution in [2.24, 2.45) is 11.7 Å². The minimum Gasteiger partial charge on any atom is -0.443 e. The van der Waals surface area contributed by atoms with Crippen molar-refractivity contribution in [3.05, 3.63) is 36.0 Å². The van der Waals surface area contributed by atoms with E-state index in [-0.39, 0.29) is 5.92 Å². The summed E-state index contributed by atoms with van der Waals surface area (Å²) < 4.78 is 5.48. The number of nitrogens with zero attached hydrogens (tertiary/aromatic N) is 1. The van der Waals surface area contributed by atoms with Crippen molar-refractivity contribution in [3.8, 4) is 0 Å². The van der Waals surface area contributed by atoms with Crippen molar-refractivity contribution in [2.45, 2.75) is 59.2 Å². The molecule has 1 aromatic heterocycles. The smallest absolute Gasteiger partial charge is 0.417 e. The van der Waals surface area contributed by atoms with Crippen LogP contribution in [-0.4, -0.2) is 33.5 Å². The van der Waals surface area contributed by atoms with Gasteiger partial charge in [-0.2, -0.15) is 0 Å². The molecule has 2 rings (SSSR count). The third kappa shape index (κ3) is 4.25. The summed E-state index contributed by atoms with van der Waals surface area (Å²) in [5.74, 6) is -0.533. The number of H-pyrrole nitrogens is 1. The number of ether oxygens (including phenoxy) is 1. The molecular formula is C20H29N3O3. The minimum absolute atomic E-state index is 0.0948. The van der Waals surface area contributed by atoms with E-state index in [0.29, 0.717) is 0 Å². The lowest BCUT2D eigenvalue weighted by Gasteiger charge is -2.32. The molecule has 0 saturated carbocycles. The van der Waals surface area contributed by atoms with Crippen LogP contribution < -0.4 is 5.73 Å². The number of carbonyl (C=O) groups is 2. The highest BCUT2D eigenvalue weighted by Gasteiger charge is 2.36. The second kappa shape index (κ2) is 7.50. The first-order chi connectivity index (χ1) is 12.0. The quantitative estimate of drug-likeness (QED) is 0.864. The van der Waals surface area contributed by atoms with Crippen molar-refractivity contribution < 1.29 is 14.3 Å². The summed E-state index contributed by atoms with van der Waals surface area (Å²) in [6, 6.07) is 6.46. The van der Waals surface area contributed by atoms with E-state index in [1.165, 1.54) is 0 Å². The summed E-state index contributed by atoms with van der Waals surface area (Å²) >= 11 is 0. The van der Waals surface area contributed by atoms with Gasteiger partial charge in [-0.05, 0) is 39.7 Å². The van der Waals surface area contributed by atoms with Gasteiger partial charge in [-0.25, -0.2) is 9.69 Å². The van der Waals surface area contributed by atoms with Gasteiger partial charge in [-0.3, -0.25) is 4.79 Å². The summed E-state index contributed by atoms with van der Waals surface area (Å²) in [4.78, 5) is 30.1. The molecule has 6 nitrogen and oxygen atoms in total. The highest BCUT2D eigenvalue weighted by atomic mass is 16.6. The molecule has 0 aliphatic heterocycles. The SMILES string of the molecule is CC(C)[C@H](N)C(=O)N(C(=O)OC(C)(C)C)C(C)c1c[nH]c2ccccc12. The van der Waals surface area contributed by atoms with E-state index in [2.05, 4.69) is 4.98 Å². The number of carbonyl (C=O) groups excluding carboxylic acids is 2. The van der Waals surface area contributed by atoms with E-state index in [0.717, 1.165) is 21.4 Å². The number of nitrogens with two attached hydrogens (primary N) is 1. The number of para-hydroxylation sites is 1. The zero-order valence-electron chi connectivity index (χ0n) is 16.4. The largest absolute Gasteiger partial charge is 0.443 e. The van der Waals surface area contributed by atoms with Crippen LogP contribution in [0.15, 0.2) is 30.5 Å². The molecule has 2 atom stereocenters. The van der Waals surface area contributed by atoms with Crippen molar-refractivity contribution in [2.75, 3.05) is 0 Å². The first-order valence-corrected chi connectivity index (χ1v) is 8.90. The van der Waals surface area contributed by atoms with E-state index in [4.69, 9.17) is 10.5 Å². The van der Waals surface area contributed by atoms with E-state index >= 15 is 0 Å². The Kier molecular flexibility index (Phi) is 5.76. The number of rotatable bonds is 4. The van der Waals surface area contributed by atoms with E-state index in [1.54, 1.807) is 20.8 Å². The zero-order chi connectivity index (χ0) is 19.6. The van der Waals surface area contributed by atoms with Crippen LogP contribution in [0.5, 0.6) is 0 Å². The van der Waals surface area contributed by atoms with Gasteiger partial charge in [-0.1, -0.05) is 32.0 Å². The highest BCUT2D eigenvalue weighted by molar-refractivity contribution is 5.96. The Morgan fingerprint density at radius 1 is 1.15 bits per heavy atom. The average Bonchev–Trinajstić information content (AvgIpc) is 2.96. The molecule has 3 N–H and O–H groups in total. The second-order valence-corrected chi connectivity index (χ2v) is 7.92. The predicted molar refractivity (Wildman–Crippen MR) is 103 cm³/mol. The zero-order valence-corrected chi connectivity index (χ0v) is 16.4. The fourth-order valence-corrected chi connectivity index (χ4v) is 2.77. The molecule has 0 aliphatic carbocycles. The van der Waals surface area contributed by atoms with Gasteiger partial charge in [0.15, 0.2) is 0 Å². The summed E-state index contributed by atoms with van der Waals surface area (Å²) in [6.07, 6.45) is 1.14. The third-order valence-electron chi connectivity index (χ3n) is 4.29. The lowest BCUT2D eigenvalue weighted by Crippen LogP contribution is -2.51. The molecule has 0 fully saturated rings. The molecule has 0 aliphatic rings. The van der Waals surface area contributed by atoms with Crippen LogP contribution >= 0.6 is 0 Å². The van der Waals surface area contributed by atoms with Gasteiger partial charge in [0.1, 0.15) is 5.60 Å². The van der Waals surface area contributed by atoms with Gasteiger partial charge in [0.05, 0.1) is 12.1 Å². The Morgan fingerprint density at radius 2 is 1.77 bits per heavy atom. The molecule has 0 saturated heterocycles. The number of fused-ring (bicyclic) bond motifs is 1. The van der Waals surface area contributed by atoms with Crippen LogP contribution in [0.1, 0.15) is 53.1 Å². The number of aromatic amines is 1. The summed E-state index contributed by atoms with van der Waals surface area (Å²) in [6.45, 7) is 10.8. The number of hydrogen-bond acceptors (Lipinski definition) is 4. The number of nitrogens with one attached hydrogen (secondary N) is 1. The Balaban J connectivity index is 2.45. The molecule has 1 heterocycles. The van der Waals surface area contributed by atoms with Crippen molar-refractivity contribution in [3.63, 3.8) is 0 Å². The van der Waals surface area contributed by atoms with Crippen LogP contribution in [0.25, 0.3) is 10.9 Å². The summed E-state index contributed by atoms with van der Waals surface area (Å²) in [5.41, 5.74) is 7.14. The molecule has 0 radical (unpaired) electrons. The van der Waals surface area contributed by atoms with E-state index in [1.807, 2.05) is 51.2 Å². The molecule has 0 spiro atoms. The normalized spacial score (nSPS) is 14.3. The van der Waals surface area contributed by atoms with Crippen molar-refractivity contribution >= 4 is 22.9 Å². The maximum Gasteiger partial charge on any atom is 0.417 e. The van der Waals surface area contributed by atoms with E-state index in [9.17, 15) is 9.59 Å². The van der Waals surface area contributed by atoms with Crippen LogP contribution in [0.3, 0.4) is 0 Å². The predicted octanol–water partition coefficient (Wildman–Crippen LogP) is 3.98. The van der Waals surface area contributed by atoms with Gasteiger partial charge in [-0.15, -0.1) is 0 Å². The maximum absolute atomic E-state index is 13.0. The molecule has 6 heteroatoms. The third-order valence-corrected chi connectivity index (χ3v) is 4.29. The van der Waals surface area contributed by atoms with Crippen molar-refractivity contribution in [1.29, 1.82) is 0 Å². The molecule has 142 valence electrons. The number of hydrogen-bond donors (Lipinski definition) is 2. The van der Waals surface area contributed by atoms with E-state index < -0.39 is 29.7 Å². The first-order valence-electron chi connectivity index (χ1n) is 8.90. The van der Waals surface area contributed by atoms with Crippen LogP contribution in [0.2, 0.25) is 0 Å². The monoisotopic (exact) mass is 359 g/mol. The average molecular weight is 359 g/mol. The molecule has 0 bridgehead atoms. The second-order valence-electron chi connectivity index (χ2n) is 7.92. The van der Waals surface area contributed by atoms with Crippen LogP contribution in [0, 0.1) is 5.92 Å². The van der Waals surface area contributed by atoms with Crippen molar-refractivity contribution in [1.82, 2.24) is 9.88 Å². The topological polar surface area (TPSA) is 88.4 Å². The first kappa shape index (κ1) is 20.0. The maximum atomic E-state index is 13.0. The van der Waals surface area contributed by atoms with Gasteiger partial charge in [0, 0.05) is 22.7 Å². The molecule has 1 unspecified atom stereocenters. The Bertz CT molecular complexity index is 789. The van der Waals surface area contributed by atoms with Gasteiger partial charge < -0.3 is 15.5 Å². The molecule has 2 amide bonds. The Labute approximate surface area is 154 Å². The highest BCUT2D eigenvalue weighted by Crippen LogP contribution is 2.30. The summed E-state index contributed by atoms with van der Waals surface area (Å²) in [5, 5.41) is 0.958. The number of amides is 2. The Morgan fingerprint density at radius 3 is 2.35 bits per heavy atom. The van der Waals surface area contributed by atoms with Gasteiger partial charge >= 0.3 is 6.09 Å². The fourth-order valence-electron chi connectivity index (χ4n) is 2.77.